The molecule has 0 bridgehead atoms. The van der Waals surface area contributed by atoms with E-state index in [0.29, 0.717) is 17.4 Å². The molecule has 0 heterocycles. The Morgan fingerprint density at radius 3 is 0.896 bits per heavy atom. The molecule has 0 saturated heterocycles. The van der Waals surface area contributed by atoms with Gasteiger partial charge in [-0.05, 0) is 96.3 Å². The first kappa shape index (κ1) is 92.9. The van der Waals surface area contributed by atoms with Crippen molar-refractivity contribution in [3.8, 4) is 0 Å². The van der Waals surface area contributed by atoms with Crippen molar-refractivity contribution in [2.75, 3.05) is 47.5 Å². The Morgan fingerprint density at radius 1 is 0.333 bits per heavy atom. The predicted octanol–water partition coefficient (Wildman–Crippen LogP) is 26.8. The van der Waals surface area contributed by atoms with E-state index in [1.807, 2.05) is 21.1 Å². The van der Waals surface area contributed by atoms with Gasteiger partial charge >= 0.3 is 11.9 Å². The maximum absolute atomic E-state index is 12.9. The minimum absolute atomic E-state index is 0.0304. The number of ether oxygens (including phenoxy) is 2. The third kappa shape index (κ3) is 79.9. The number of allylic oxidation sites excluding steroid dienone is 16. The zero-order chi connectivity index (χ0) is 69.7. The second-order valence-corrected chi connectivity index (χ2v) is 30.2. The average Bonchev–Trinajstić information content (AvgIpc) is 2.54. The normalized spacial score (nSPS) is 13.5. The molecule has 2 atom stereocenters. The molecular formula is C86H156NO8P. The monoisotopic (exact) mass is 1360 g/mol. The molecule has 0 radical (unpaired) electrons. The van der Waals surface area contributed by atoms with Gasteiger partial charge in [0.25, 0.3) is 7.82 Å². The number of quaternary nitrogens is 1. The van der Waals surface area contributed by atoms with Gasteiger partial charge in [0.15, 0.2) is 6.10 Å². The number of esters is 2. The van der Waals surface area contributed by atoms with Gasteiger partial charge in [-0.15, -0.1) is 0 Å². The second kappa shape index (κ2) is 76.1. The van der Waals surface area contributed by atoms with Crippen molar-refractivity contribution >= 4 is 19.8 Å². The van der Waals surface area contributed by atoms with Gasteiger partial charge in [-0.1, -0.05) is 374 Å². The number of hydrogen-bond donors (Lipinski definition) is 0. The summed E-state index contributed by atoms with van der Waals surface area (Å²) >= 11 is 0. The van der Waals surface area contributed by atoms with Gasteiger partial charge in [0, 0.05) is 12.8 Å². The first-order valence-corrected chi connectivity index (χ1v) is 42.4. The smallest absolute Gasteiger partial charge is 0.306 e. The summed E-state index contributed by atoms with van der Waals surface area (Å²) in [5, 5.41) is 0. The Balaban J connectivity index is 3.93. The van der Waals surface area contributed by atoms with E-state index in [1.54, 1.807) is 0 Å². The Bertz CT molecular complexity index is 1940. The molecule has 0 aromatic rings. The van der Waals surface area contributed by atoms with Crippen LogP contribution in [0.4, 0.5) is 0 Å². The van der Waals surface area contributed by atoms with Gasteiger partial charge in [0.2, 0.25) is 0 Å². The van der Waals surface area contributed by atoms with Crippen molar-refractivity contribution < 1.29 is 42.1 Å². The van der Waals surface area contributed by atoms with Crippen molar-refractivity contribution in [1.82, 2.24) is 0 Å². The number of likely N-dealkylation sites (N-methyl/N-ethyl adjacent to an activating group) is 1. The van der Waals surface area contributed by atoms with Crippen LogP contribution < -0.4 is 4.89 Å². The largest absolute Gasteiger partial charge is 0.756 e. The van der Waals surface area contributed by atoms with Gasteiger partial charge in [-0.2, -0.15) is 0 Å². The van der Waals surface area contributed by atoms with Crippen molar-refractivity contribution in [3.63, 3.8) is 0 Å². The maximum atomic E-state index is 12.9. The summed E-state index contributed by atoms with van der Waals surface area (Å²) in [6.45, 7) is 4.18. The summed E-state index contributed by atoms with van der Waals surface area (Å²) in [6, 6.07) is 0. The fourth-order valence-electron chi connectivity index (χ4n) is 11.9. The van der Waals surface area contributed by atoms with Gasteiger partial charge in [-0.25, -0.2) is 0 Å². The molecule has 0 fully saturated rings. The SMILES string of the molecule is CC/C=C\C/C=C\C/C=C\C/C=C\C/C=C\C/C=C\C/C=C\CCCCCCCCCCCCCCCCCCCCCC(=O)OC(COC(=O)CCCCCCCCCCCCCCCCCCCCC/C=C\CCCCCCCCCC)COP(=O)([O-])OCC[N+](C)(C)C. The Kier molecular flexibility index (Phi) is 73.7. The number of carbonyl (C=O) groups is 2. The third-order valence-electron chi connectivity index (χ3n) is 18.1. The van der Waals surface area contributed by atoms with E-state index in [4.69, 9.17) is 18.5 Å². The highest BCUT2D eigenvalue weighted by atomic mass is 31.2. The second-order valence-electron chi connectivity index (χ2n) is 28.8. The summed E-state index contributed by atoms with van der Waals surface area (Å²) in [4.78, 5) is 38.2. The zero-order valence-corrected chi connectivity index (χ0v) is 64.7. The average molecular weight is 1360 g/mol. The highest BCUT2D eigenvalue weighted by Gasteiger charge is 2.22. The van der Waals surface area contributed by atoms with E-state index < -0.39 is 26.5 Å². The highest BCUT2D eigenvalue weighted by molar-refractivity contribution is 7.45. The Labute approximate surface area is 595 Å². The minimum atomic E-state index is -4.65. The number of carbonyl (C=O) groups excluding carboxylic acids is 2. The number of phosphoric ester groups is 1. The maximum Gasteiger partial charge on any atom is 0.306 e. The molecule has 0 aromatic carbocycles. The lowest BCUT2D eigenvalue weighted by Gasteiger charge is -2.28. The van der Waals surface area contributed by atoms with Crippen LogP contribution in [0.25, 0.3) is 0 Å². The van der Waals surface area contributed by atoms with Crippen molar-refractivity contribution in [2.24, 2.45) is 0 Å². The van der Waals surface area contributed by atoms with Crippen molar-refractivity contribution in [2.45, 2.75) is 392 Å². The molecule has 0 N–H and O–H groups in total. The lowest BCUT2D eigenvalue weighted by molar-refractivity contribution is -0.870. The zero-order valence-electron chi connectivity index (χ0n) is 63.8. The fraction of sp³-hybridized carbons (Fsp3) is 0.791. The van der Waals surface area contributed by atoms with E-state index >= 15 is 0 Å². The molecule has 9 nitrogen and oxygen atoms in total. The van der Waals surface area contributed by atoms with Gasteiger partial charge < -0.3 is 27.9 Å². The van der Waals surface area contributed by atoms with Crippen LogP contribution in [-0.2, 0) is 32.7 Å². The molecule has 0 aliphatic rings. The molecule has 10 heteroatoms. The molecule has 0 saturated carbocycles. The number of rotatable bonds is 76. The van der Waals surface area contributed by atoms with Crippen LogP contribution in [0, 0.1) is 0 Å². The molecule has 2 unspecified atom stereocenters. The summed E-state index contributed by atoms with van der Waals surface area (Å²) in [6.07, 6.45) is 107. The first-order valence-electron chi connectivity index (χ1n) is 40.9. The Hall–Kier alpha value is -3.07. The van der Waals surface area contributed by atoms with Gasteiger partial charge in [0.05, 0.1) is 27.7 Å². The predicted molar refractivity (Wildman–Crippen MR) is 416 cm³/mol. The van der Waals surface area contributed by atoms with E-state index in [0.717, 1.165) is 83.5 Å². The number of unbranched alkanes of at least 4 members (excludes halogenated alkanes) is 46. The van der Waals surface area contributed by atoms with Gasteiger partial charge in [0.1, 0.15) is 19.8 Å². The van der Waals surface area contributed by atoms with E-state index in [1.165, 1.54) is 270 Å². The summed E-state index contributed by atoms with van der Waals surface area (Å²) in [7, 11) is 1.18. The Morgan fingerprint density at radius 2 is 0.594 bits per heavy atom. The fourth-order valence-corrected chi connectivity index (χ4v) is 12.6. The van der Waals surface area contributed by atoms with Crippen LogP contribution in [-0.4, -0.2) is 70.0 Å². The summed E-state index contributed by atoms with van der Waals surface area (Å²) in [5.74, 6) is -0.814. The van der Waals surface area contributed by atoms with Crippen LogP contribution in [0.1, 0.15) is 386 Å². The van der Waals surface area contributed by atoms with E-state index in [2.05, 4.69) is 111 Å². The lowest BCUT2D eigenvalue weighted by Crippen LogP contribution is -2.37. The molecule has 0 rings (SSSR count). The molecule has 0 aliphatic heterocycles. The molecule has 0 amide bonds. The summed E-state index contributed by atoms with van der Waals surface area (Å²) in [5.41, 5.74) is 0. The molecule has 558 valence electrons. The number of nitrogens with zero attached hydrogens (tertiary/aromatic N) is 1. The standard InChI is InChI=1S/C86H156NO8P/c1-6-8-10-12-14-16-18-20-22-24-26-28-30-32-34-36-38-39-40-41-42-43-44-45-46-47-49-51-53-55-57-59-61-63-65-67-69-71-73-75-77-79-86(89)95-84(83-94-96(90,91)93-81-80-87(3,4)5)82-92-85(88)78-76-74-72-70-68-66-64-62-60-58-56-54-52-50-48-37-35-33-31-29-27-25-23-21-19-17-15-13-11-9-7-2/h8,10,14,16,20,22,25-28,32,34,38-39,41-42,84H,6-7,9,11-13,15,17-19,21,23-24,29-31,33,35-37,40,43-83H2,1-5H3/b10-8-,16-14-,22-20-,27-25-,28-26-,34-32-,39-38-,42-41-. The van der Waals surface area contributed by atoms with Crippen molar-refractivity contribution in [3.05, 3.63) is 97.2 Å². The topological polar surface area (TPSA) is 111 Å². The van der Waals surface area contributed by atoms with Crippen LogP contribution >= 0.6 is 7.82 Å². The number of phosphoric acid groups is 1. The van der Waals surface area contributed by atoms with Crippen LogP contribution in [0.5, 0.6) is 0 Å². The van der Waals surface area contributed by atoms with Crippen LogP contribution in [0.3, 0.4) is 0 Å². The molecule has 0 spiro atoms. The highest BCUT2D eigenvalue weighted by Crippen LogP contribution is 2.38. The van der Waals surface area contributed by atoms with E-state index in [9.17, 15) is 19.0 Å². The molecular weight excluding hydrogens is 1210 g/mol. The van der Waals surface area contributed by atoms with Crippen LogP contribution in [0.15, 0.2) is 97.2 Å². The third-order valence-corrected chi connectivity index (χ3v) is 19.1. The summed E-state index contributed by atoms with van der Waals surface area (Å²) < 4.78 is 34.4. The number of hydrogen-bond acceptors (Lipinski definition) is 8. The van der Waals surface area contributed by atoms with Gasteiger partial charge in [-0.3, -0.25) is 14.2 Å². The van der Waals surface area contributed by atoms with E-state index in [-0.39, 0.29) is 32.0 Å². The lowest BCUT2D eigenvalue weighted by atomic mass is 10.0. The molecule has 0 aromatic heterocycles. The van der Waals surface area contributed by atoms with Crippen molar-refractivity contribution in [1.29, 1.82) is 0 Å². The minimum Gasteiger partial charge on any atom is -0.756 e. The molecule has 0 aliphatic carbocycles. The first-order chi connectivity index (χ1) is 47.0. The molecule has 96 heavy (non-hydrogen) atoms. The quantitative estimate of drug-likeness (QED) is 0.0195. The van der Waals surface area contributed by atoms with Crippen LogP contribution in [0.2, 0.25) is 0 Å².